The predicted molar refractivity (Wildman–Crippen MR) is 78.7 cm³/mol. The molecule has 21 heavy (non-hydrogen) atoms. The second-order valence-electron chi connectivity index (χ2n) is 4.63. The number of benzene rings is 1. The molecule has 0 spiro atoms. The lowest BCUT2D eigenvalue weighted by Gasteiger charge is -2.09. The van der Waals surface area contributed by atoms with Crippen LogP contribution in [0.2, 0.25) is 0 Å². The van der Waals surface area contributed by atoms with Crippen LogP contribution >= 0.6 is 0 Å². The van der Waals surface area contributed by atoms with E-state index in [-0.39, 0.29) is 17.1 Å². The third-order valence-corrected chi connectivity index (χ3v) is 3.38. The van der Waals surface area contributed by atoms with Crippen LogP contribution < -0.4 is 5.56 Å². The Hall–Kier alpha value is -3.15. The van der Waals surface area contributed by atoms with Crippen molar-refractivity contribution in [3.8, 4) is 11.7 Å². The number of nitrogens with one attached hydrogen (secondary N) is 1. The number of fused-ring (bicyclic) bond motifs is 3. The van der Waals surface area contributed by atoms with E-state index in [0.29, 0.717) is 22.2 Å². The predicted octanol–water partition coefficient (Wildman–Crippen LogP) is 1.97. The van der Waals surface area contributed by atoms with Crippen molar-refractivity contribution in [1.82, 2.24) is 19.5 Å². The van der Waals surface area contributed by atoms with Crippen LogP contribution in [0.5, 0.6) is 6.01 Å². The van der Waals surface area contributed by atoms with Crippen molar-refractivity contribution in [2.45, 2.75) is 0 Å². The summed E-state index contributed by atoms with van der Waals surface area (Å²) in [7, 11) is 0. The van der Waals surface area contributed by atoms with Crippen molar-refractivity contribution in [3.63, 3.8) is 0 Å². The van der Waals surface area contributed by atoms with Crippen LogP contribution in [-0.4, -0.2) is 24.6 Å². The molecule has 4 aromatic rings. The second kappa shape index (κ2) is 4.17. The summed E-state index contributed by atoms with van der Waals surface area (Å²) < 4.78 is 1.51. The van der Waals surface area contributed by atoms with Gasteiger partial charge in [-0.3, -0.25) is 9.36 Å². The molecule has 0 aliphatic heterocycles. The van der Waals surface area contributed by atoms with Gasteiger partial charge in [-0.25, -0.2) is 4.98 Å². The third kappa shape index (κ3) is 1.62. The SMILES string of the molecule is O=c1c2[nH]c(O)nc2c2cccnc2n1-c1ccccc1. The maximum atomic E-state index is 12.7. The number of aromatic hydroxyl groups is 1. The second-order valence-corrected chi connectivity index (χ2v) is 4.63. The molecule has 3 aromatic heterocycles. The normalized spacial score (nSPS) is 11.2. The van der Waals surface area contributed by atoms with Crippen molar-refractivity contribution < 1.29 is 5.11 Å². The first kappa shape index (κ1) is 11.7. The fourth-order valence-electron chi connectivity index (χ4n) is 2.49. The zero-order chi connectivity index (χ0) is 14.4. The molecular formula is C15H10N4O2. The van der Waals surface area contributed by atoms with E-state index in [1.165, 1.54) is 4.57 Å². The summed E-state index contributed by atoms with van der Waals surface area (Å²) in [6.45, 7) is 0. The zero-order valence-electron chi connectivity index (χ0n) is 10.8. The Morgan fingerprint density at radius 1 is 1.10 bits per heavy atom. The van der Waals surface area contributed by atoms with Gasteiger partial charge in [0.1, 0.15) is 16.7 Å². The highest BCUT2D eigenvalue weighted by atomic mass is 16.3. The Morgan fingerprint density at radius 2 is 1.90 bits per heavy atom. The van der Waals surface area contributed by atoms with Crippen LogP contribution in [-0.2, 0) is 0 Å². The molecule has 3 heterocycles. The number of pyridine rings is 2. The van der Waals surface area contributed by atoms with Crippen LogP contribution in [0, 0.1) is 0 Å². The topological polar surface area (TPSA) is 83.8 Å². The summed E-state index contributed by atoms with van der Waals surface area (Å²) in [6, 6.07) is 12.6. The van der Waals surface area contributed by atoms with Gasteiger partial charge in [-0.05, 0) is 24.3 Å². The maximum absolute atomic E-state index is 12.7. The molecule has 0 bridgehead atoms. The summed E-state index contributed by atoms with van der Waals surface area (Å²) in [5.41, 5.74) is 1.61. The first-order valence-electron chi connectivity index (χ1n) is 6.39. The molecule has 0 radical (unpaired) electrons. The average molecular weight is 278 g/mol. The number of para-hydroxylation sites is 1. The smallest absolute Gasteiger partial charge is 0.292 e. The van der Waals surface area contributed by atoms with E-state index in [1.807, 2.05) is 36.4 Å². The molecule has 0 atom stereocenters. The number of hydrogen-bond acceptors (Lipinski definition) is 4. The molecule has 0 saturated heterocycles. The van der Waals surface area contributed by atoms with Crippen LogP contribution in [0.1, 0.15) is 0 Å². The van der Waals surface area contributed by atoms with Crippen LogP contribution in [0.25, 0.3) is 27.8 Å². The molecule has 4 rings (SSSR count). The number of aromatic amines is 1. The molecular weight excluding hydrogens is 268 g/mol. The van der Waals surface area contributed by atoms with Crippen molar-refractivity contribution >= 4 is 22.1 Å². The van der Waals surface area contributed by atoms with Gasteiger partial charge in [0.2, 0.25) is 0 Å². The largest absolute Gasteiger partial charge is 0.480 e. The van der Waals surface area contributed by atoms with E-state index in [0.717, 1.165) is 0 Å². The Morgan fingerprint density at radius 3 is 2.71 bits per heavy atom. The van der Waals surface area contributed by atoms with Crippen LogP contribution in [0.3, 0.4) is 0 Å². The van der Waals surface area contributed by atoms with E-state index < -0.39 is 0 Å². The minimum atomic E-state index is -0.296. The van der Waals surface area contributed by atoms with Crippen LogP contribution in [0.4, 0.5) is 0 Å². The number of imidazole rings is 1. The van der Waals surface area contributed by atoms with Crippen molar-refractivity contribution in [3.05, 3.63) is 59.0 Å². The molecule has 0 fully saturated rings. The molecule has 0 amide bonds. The van der Waals surface area contributed by atoms with Gasteiger partial charge < -0.3 is 10.1 Å². The van der Waals surface area contributed by atoms with Gasteiger partial charge in [0.05, 0.1) is 5.69 Å². The Balaban J connectivity index is 2.28. The molecule has 102 valence electrons. The third-order valence-electron chi connectivity index (χ3n) is 3.38. The highest BCUT2D eigenvalue weighted by molar-refractivity contribution is 6.01. The molecule has 0 aliphatic carbocycles. The summed E-state index contributed by atoms with van der Waals surface area (Å²) in [6.07, 6.45) is 1.62. The fourth-order valence-corrected chi connectivity index (χ4v) is 2.49. The fraction of sp³-hybridized carbons (Fsp3) is 0. The highest BCUT2D eigenvalue weighted by Crippen LogP contribution is 2.23. The number of nitrogens with zero attached hydrogens (tertiary/aromatic N) is 3. The average Bonchev–Trinajstić information content (AvgIpc) is 2.91. The van der Waals surface area contributed by atoms with Gasteiger partial charge in [-0.15, -0.1) is 0 Å². The Labute approximate surface area is 118 Å². The summed E-state index contributed by atoms with van der Waals surface area (Å²) in [5, 5.41) is 10.3. The summed E-state index contributed by atoms with van der Waals surface area (Å²) >= 11 is 0. The van der Waals surface area contributed by atoms with Crippen LogP contribution in [0.15, 0.2) is 53.5 Å². The minimum absolute atomic E-state index is 0.261. The van der Waals surface area contributed by atoms with Gasteiger partial charge >= 0.3 is 0 Å². The van der Waals surface area contributed by atoms with Crippen molar-refractivity contribution in [2.24, 2.45) is 0 Å². The summed E-state index contributed by atoms with van der Waals surface area (Å²) in [5.74, 6) is 0. The number of H-pyrrole nitrogens is 1. The van der Waals surface area contributed by atoms with E-state index in [1.54, 1.807) is 12.3 Å². The Bertz CT molecular complexity index is 1020. The van der Waals surface area contributed by atoms with Gasteiger partial charge in [-0.2, -0.15) is 4.98 Å². The van der Waals surface area contributed by atoms with Gasteiger partial charge in [0, 0.05) is 11.6 Å². The molecule has 0 unspecified atom stereocenters. The monoisotopic (exact) mass is 278 g/mol. The quantitative estimate of drug-likeness (QED) is 0.557. The lowest BCUT2D eigenvalue weighted by Crippen LogP contribution is -2.20. The molecule has 0 aliphatic rings. The van der Waals surface area contributed by atoms with Gasteiger partial charge in [0.15, 0.2) is 0 Å². The molecule has 6 heteroatoms. The number of rotatable bonds is 1. The molecule has 6 nitrogen and oxygen atoms in total. The van der Waals surface area contributed by atoms with Crippen molar-refractivity contribution in [2.75, 3.05) is 0 Å². The van der Waals surface area contributed by atoms with Crippen molar-refractivity contribution in [1.29, 1.82) is 0 Å². The first-order valence-corrected chi connectivity index (χ1v) is 6.39. The summed E-state index contributed by atoms with van der Waals surface area (Å²) in [4.78, 5) is 23.6. The Kier molecular flexibility index (Phi) is 2.32. The van der Waals surface area contributed by atoms with E-state index >= 15 is 0 Å². The van der Waals surface area contributed by atoms with Gasteiger partial charge in [-0.1, -0.05) is 18.2 Å². The molecule has 2 N–H and O–H groups in total. The van der Waals surface area contributed by atoms with Gasteiger partial charge in [0.25, 0.3) is 11.6 Å². The van der Waals surface area contributed by atoms with E-state index in [2.05, 4.69) is 15.0 Å². The van der Waals surface area contributed by atoms with E-state index in [9.17, 15) is 9.90 Å². The zero-order valence-corrected chi connectivity index (χ0v) is 10.8. The molecule has 1 aromatic carbocycles. The maximum Gasteiger partial charge on any atom is 0.292 e. The highest BCUT2D eigenvalue weighted by Gasteiger charge is 2.16. The lowest BCUT2D eigenvalue weighted by atomic mass is 10.2. The lowest BCUT2D eigenvalue weighted by molar-refractivity contribution is 0.438. The molecule has 0 saturated carbocycles. The standard InChI is InChI=1S/C15H10N4O2/c20-14-12-11(17-15(21)18-12)10-7-4-8-16-13(10)19(14)9-5-2-1-3-6-9/h1-8H,(H2,17,18,21). The number of aromatic nitrogens is 4. The number of hydrogen-bond donors (Lipinski definition) is 2. The van der Waals surface area contributed by atoms with E-state index in [4.69, 9.17) is 0 Å². The first-order chi connectivity index (χ1) is 10.3. The minimum Gasteiger partial charge on any atom is -0.480 e.